The van der Waals surface area contributed by atoms with E-state index in [4.69, 9.17) is 10.5 Å². The summed E-state index contributed by atoms with van der Waals surface area (Å²) in [5.74, 6) is 0.118. The molecule has 2 fully saturated rings. The number of nitrogen functional groups attached to an aromatic ring is 1. The Labute approximate surface area is 195 Å². The molecule has 1 aliphatic heterocycles. The third kappa shape index (κ3) is 3.91. The number of aliphatic hydroxyl groups is 2. The number of hydrogen-bond donors (Lipinski definition) is 3. The van der Waals surface area contributed by atoms with Gasteiger partial charge in [-0.1, -0.05) is 38.1 Å². The van der Waals surface area contributed by atoms with Crippen LogP contribution >= 0.6 is 11.8 Å². The number of carbonyl (C=O) groups excluding carboxylic acids is 1. The lowest BCUT2D eigenvalue weighted by Crippen LogP contribution is -2.57. The molecule has 1 aromatic carbocycles. The lowest BCUT2D eigenvalue weighted by molar-refractivity contribution is -0.152. The molecule has 0 aromatic heterocycles. The number of esters is 1. The van der Waals surface area contributed by atoms with Crippen molar-refractivity contribution in [1.29, 1.82) is 0 Å². The van der Waals surface area contributed by atoms with E-state index in [1.54, 1.807) is 11.8 Å². The third-order valence-electron chi connectivity index (χ3n) is 8.43. The van der Waals surface area contributed by atoms with Crippen LogP contribution in [-0.2, 0) is 9.53 Å². The van der Waals surface area contributed by atoms with Crippen LogP contribution in [0.5, 0.6) is 0 Å². The fourth-order valence-electron chi connectivity index (χ4n) is 6.47. The van der Waals surface area contributed by atoms with E-state index in [2.05, 4.69) is 13.5 Å². The lowest BCUT2D eigenvalue weighted by Gasteiger charge is -2.60. The van der Waals surface area contributed by atoms with Crippen LogP contribution in [0.25, 0.3) is 0 Å². The molecule has 3 aliphatic rings. The van der Waals surface area contributed by atoms with Crippen LogP contribution in [-0.4, -0.2) is 40.8 Å². The van der Waals surface area contributed by atoms with Crippen molar-refractivity contribution in [1.82, 2.24) is 0 Å². The van der Waals surface area contributed by atoms with Gasteiger partial charge in [-0.25, -0.2) is 4.79 Å². The minimum atomic E-state index is -0.524. The zero-order chi connectivity index (χ0) is 23.1. The number of allylic oxidation sites excluding steroid dienone is 1. The molecule has 0 spiro atoms. The number of aliphatic hydroxyl groups excluding tert-OH is 2. The van der Waals surface area contributed by atoms with Crippen LogP contribution in [0.2, 0.25) is 0 Å². The summed E-state index contributed by atoms with van der Waals surface area (Å²) in [6.45, 7) is 9.07. The summed E-state index contributed by atoms with van der Waals surface area (Å²) >= 11 is 1.62. The largest absolute Gasteiger partial charge is 0.458 e. The molecule has 5 nitrogen and oxygen atoms in total. The first-order chi connectivity index (χ1) is 15.2. The van der Waals surface area contributed by atoms with Gasteiger partial charge in [-0.2, -0.15) is 0 Å². The van der Waals surface area contributed by atoms with Gasteiger partial charge in [0.15, 0.2) is 0 Å². The molecule has 32 heavy (non-hydrogen) atoms. The Balaban J connectivity index is 1.68. The summed E-state index contributed by atoms with van der Waals surface area (Å²) in [5, 5.41) is 20.9. The van der Waals surface area contributed by atoms with E-state index >= 15 is 0 Å². The molecule has 0 bridgehead atoms. The van der Waals surface area contributed by atoms with Gasteiger partial charge in [-0.05, 0) is 67.6 Å². The van der Waals surface area contributed by atoms with Crippen molar-refractivity contribution in [3.8, 4) is 0 Å². The summed E-state index contributed by atoms with van der Waals surface area (Å²) < 4.78 is 5.26. The molecular formula is C26H35NO4S. The second-order valence-corrected chi connectivity index (χ2v) is 11.4. The van der Waals surface area contributed by atoms with E-state index in [1.165, 1.54) is 5.57 Å². The highest BCUT2D eigenvalue weighted by molar-refractivity contribution is 8.00. The first-order valence-electron chi connectivity index (χ1n) is 11.6. The molecule has 0 saturated heterocycles. The normalized spacial score (nSPS) is 35.8. The van der Waals surface area contributed by atoms with Crippen LogP contribution in [0.4, 0.5) is 5.69 Å². The van der Waals surface area contributed by atoms with Crippen LogP contribution < -0.4 is 5.73 Å². The first kappa shape index (κ1) is 23.4. The van der Waals surface area contributed by atoms with Crippen LogP contribution in [0, 0.1) is 22.7 Å². The molecule has 1 aromatic rings. The molecule has 1 heterocycles. The number of fused-ring (bicyclic) bond motifs is 1. The van der Waals surface area contributed by atoms with Gasteiger partial charge in [0.05, 0.1) is 12.7 Å². The number of para-hydroxylation sites is 1. The van der Waals surface area contributed by atoms with Crippen molar-refractivity contribution >= 4 is 23.4 Å². The summed E-state index contributed by atoms with van der Waals surface area (Å²) in [4.78, 5) is 13.5. The fourth-order valence-corrected chi connectivity index (χ4v) is 7.74. The number of nitrogens with two attached hydrogens (primary N) is 1. The van der Waals surface area contributed by atoms with Crippen molar-refractivity contribution in [2.24, 2.45) is 22.7 Å². The topological polar surface area (TPSA) is 92.8 Å². The van der Waals surface area contributed by atoms with Crippen LogP contribution in [0.15, 0.2) is 53.0 Å². The minimum Gasteiger partial charge on any atom is -0.458 e. The molecular weight excluding hydrogens is 422 g/mol. The Morgan fingerprint density at radius 1 is 1.31 bits per heavy atom. The molecule has 2 aliphatic carbocycles. The van der Waals surface area contributed by atoms with Crippen molar-refractivity contribution in [3.05, 3.63) is 48.1 Å². The molecule has 4 N–H and O–H groups in total. The number of ether oxygens (including phenoxy) is 1. The van der Waals surface area contributed by atoms with Crippen molar-refractivity contribution in [2.45, 2.75) is 62.2 Å². The predicted octanol–water partition coefficient (Wildman–Crippen LogP) is 4.34. The van der Waals surface area contributed by atoms with E-state index in [1.807, 2.05) is 37.3 Å². The predicted molar refractivity (Wildman–Crippen MR) is 128 cm³/mol. The summed E-state index contributed by atoms with van der Waals surface area (Å²) in [6, 6.07) is 7.75. The number of thioether (sulfide) groups is 1. The summed E-state index contributed by atoms with van der Waals surface area (Å²) in [7, 11) is 0. The summed E-state index contributed by atoms with van der Waals surface area (Å²) in [5.41, 5.74) is 8.23. The van der Waals surface area contributed by atoms with E-state index in [-0.39, 0.29) is 35.1 Å². The zero-order valence-electron chi connectivity index (χ0n) is 19.0. The number of benzene rings is 1. The Bertz CT molecular complexity index is 930. The molecule has 6 heteroatoms. The monoisotopic (exact) mass is 457 g/mol. The maximum absolute atomic E-state index is 12.5. The number of cyclic esters (lactones) is 1. The SMILES string of the molecule is C=C1CCC2C(C)(CO)C(O)CCC2(C)C1CC(Sc1ccccc1N)C1=CCOC1=O. The van der Waals surface area contributed by atoms with Crippen molar-refractivity contribution in [3.63, 3.8) is 0 Å². The van der Waals surface area contributed by atoms with Crippen LogP contribution in [0.1, 0.15) is 46.0 Å². The van der Waals surface area contributed by atoms with Gasteiger partial charge in [0.25, 0.3) is 0 Å². The van der Waals surface area contributed by atoms with E-state index in [9.17, 15) is 15.0 Å². The standard InChI is InChI=1S/C26H35NO4S/c1-16-8-9-22-25(2,12-10-23(29)26(22,3)15-28)18(16)14-21(17-11-13-31-24(17)30)32-20-7-5-4-6-19(20)27/h4-7,11,18,21-23,28-29H,1,8-10,12-15,27H2,2-3H3. The first-order valence-corrected chi connectivity index (χ1v) is 12.4. The quantitative estimate of drug-likeness (QED) is 0.255. The highest BCUT2D eigenvalue weighted by atomic mass is 32.2. The maximum Gasteiger partial charge on any atom is 0.335 e. The number of hydrogen-bond acceptors (Lipinski definition) is 6. The van der Waals surface area contributed by atoms with Gasteiger partial charge >= 0.3 is 5.97 Å². The fraction of sp³-hybridized carbons (Fsp3) is 0.577. The van der Waals surface area contributed by atoms with Gasteiger partial charge in [0, 0.05) is 26.8 Å². The Morgan fingerprint density at radius 2 is 2.06 bits per heavy atom. The molecule has 2 saturated carbocycles. The number of rotatable bonds is 6. The van der Waals surface area contributed by atoms with Gasteiger partial charge < -0.3 is 20.7 Å². The smallest absolute Gasteiger partial charge is 0.335 e. The average molecular weight is 458 g/mol. The van der Waals surface area contributed by atoms with E-state index in [0.29, 0.717) is 24.3 Å². The maximum atomic E-state index is 12.5. The Kier molecular flexibility index (Phi) is 6.49. The van der Waals surface area contributed by atoms with Gasteiger partial charge in [0.1, 0.15) is 6.61 Å². The number of carbonyl (C=O) groups is 1. The lowest BCUT2D eigenvalue weighted by atomic mass is 9.46. The highest BCUT2D eigenvalue weighted by Crippen LogP contribution is 2.62. The second-order valence-electron chi connectivity index (χ2n) is 10.2. The summed E-state index contributed by atoms with van der Waals surface area (Å²) in [6.07, 6.45) is 5.50. The molecule has 0 radical (unpaired) electrons. The van der Waals surface area contributed by atoms with Gasteiger partial charge in [-0.3, -0.25) is 0 Å². The van der Waals surface area contributed by atoms with Crippen LogP contribution in [0.3, 0.4) is 0 Å². The Morgan fingerprint density at radius 3 is 2.72 bits per heavy atom. The van der Waals surface area contributed by atoms with E-state index < -0.39 is 11.5 Å². The minimum absolute atomic E-state index is 0.0240. The third-order valence-corrected chi connectivity index (χ3v) is 9.79. The Hall–Kier alpha value is -1.76. The molecule has 174 valence electrons. The molecule has 6 unspecified atom stereocenters. The number of anilines is 1. The molecule has 0 amide bonds. The molecule has 4 rings (SSSR count). The average Bonchev–Trinajstić information content (AvgIpc) is 3.20. The highest BCUT2D eigenvalue weighted by Gasteiger charge is 2.58. The van der Waals surface area contributed by atoms with E-state index in [0.717, 1.165) is 30.6 Å². The van der Waals surface area contributed by atoms with Crippen molar-refractivity contribution < 1.29 is 19.7 Å². The van der Waals surface area contributed by atoms with Gasteiger partial charge in [0.2, 0.25) is 0 Å². The van der Waals surface area contributed by atoms with Crippen molar-refractivity contribution in [2.75, 3.05) is 18.9 Å². The second kappa shape index (κ2) is 8.88. The molecule has 6 atom stereocenters. The van der Waals surface area contributed by atoms with Gasteiger partial charge in [-0.15, -0.1) is 11.8 Å². The zero-order valence-corrected chi connectivity index (χ0v) is 19.9.